The molecule has 2 rings (SSSR count). The molecule has 0 aliphatic carbocycles. The van der Waals surface area contributed by atoms with Gasteiger partial charge in [-0.2, -0.15) is 0 Å². The van der Waals surface area contributed by atoms with E-state index in [2.05, 4.69) is 16.9 Å². The Balaban J connectivity index is 2.29. The summed E-state index contributed by atoms with van der Waals surface area (Å²) >= 11 is 6.23. The average Bonchev–Trinajstić information content (AvgIpc) is 2.46. The van der Waals surface area contributed by atoms with Gasteiger partial charge in [0.25, 0.3) is 0 Å². The Bertz CT molecular complexity index is 603. The van der Waals surface area contributed by atoms with Crippen molar-refractivity contribution in [2.24, 2.45) is 0 Å². The van der Waals surface area contributed by atoms with Crippen LogP contribution in [0.1, 0.15) is 29.8 Å². The lowest BCUT2D eigenvalue weighted by atomic mass is 10.1. The van der Waals surface area contributed by atoms with Gasteiger partial charge < -0.3 is 10.0 Å². The maximum absolute atomic E-state index is 9.16. The van der Waals surface area contributed by atoms with Crippen molar-refractivity contribution in [1.82, 2.24) is 9.97 Å². The Hall–Kier alpha value is -1.65. The largest absolute Gasteiger partial charge is 0.392 e. The molecule has 0 bridgehead atoms. The number of nitrogens with zero attached hydrogens (tertiary/aromatic N) is 3. The topological polar surface area (TPSA) is 49.2 Å². The van der Waals surface area contributed by atoms with Crippen LogP contribution < -0.4 is 4.90 Å². The molecule has 1 heterocycles. The van der Waals surface area contributed by atoms with Crippen LogP contribution in [0.25, 0.3) is 0 Å². The van der Waals surface area contributed by atoms with Crippen LogP contribution in [0.2, 0.25) is 5.02 Å². The number of hydrogen-bond donors (Lipinski definition) is 1. The Kier molecular flexibility index (Phi) is 4.57. The molecule has 106 valence electrons. The highest BCUT2D eigenvalue weighted by atomic mass is 35.5. The molecule has 1 atom stereocenters. The Morgan fingerprint density at radius 2 is 2.05 bits per heavy atom. The monoisotopic (exact) mass is 291 g/mol. The fourth-order valence-electron chi connectivity index (χ4n) is 2.00. The minimum absolute atomic E-state index is 0.0457. The molecular weight excluding hydrogens is 274 g/mol. The summed E-state index contributed by atoms with van der Waals surface area (Å²) in [5.41, 5.74) is 2.56. The summed E-state index contributed by atoms with van der Waals surface area (Å²) in [5, 5.41) is 9.89. The lowest BCUT2D eigenvalue weighted by Crippen LogP contribution is -2.24. The van der Waals surface area contributed by atoms with E-state index in [1.54, 1.807) is 6.20 Å². The molecule has 0 saturated carbocycles. The molecule has 0 aliphatic heterocycles. The van der Waals surface area contributed by atoms with Crippen LogP contribution in [-0.2, 0) is 6.61 Å². The van der Waals surface area contributed by atoms with Crippen LogP contribution >= 0.6 is 11.6 Å². The fraction of sp³-hybridized carbons (Fsp3) is 0.333. The van der Waals surface area contributed by atoms with Crippen LogP contribution in [0.5, 0.6) is 0 Å². The lowest BCUT2D eigenvalue weighted by molar-refractivity contribution is 0.280. The highest BCUT2D eigenvalue weighted by molar-refractivity contribution is 6.31. The van der Waals surface area contributed by atoms with E-state index in [0.29, 0.717) is 5.95 Å². The van der Waals surface area contributed by atoms with E-state index < -0.39 is 0 Å². The quantitative estimate of drug-likeness (QED) is 0.940. The molecular formula is C15H18ClN3O. The maximum Gasteiger partial charge on any atom is 0.225 e. The van der Waals surface area contributed by atoms with Crippen molar-refractivity contribution in [3.63, 3.8) is 0 Å². The number of aromatic nitrogens is 2. The summed E-state index contributed by atoms with van der Waals surface area (Å²) in [6.45, 7) is 3.88. The van der Waals surface area contributed by atoms with Gasteiger partial charge in [-0.3, -0.25) is 0 Å². The van der Waals surface area contributed by atoms with Gasteiger partial charge in [-0.15, -0.1) is 0 Å². The molecule has 1 N–H and O–H groups in total. The second kappa shape index (κ2) is 6.20. The third kappa shape index (κ3) is 2.92. The van der Waals surface area contributed by atoms with Crippen molar-refractivity contribution in [3.05, 3.63) is 52.3 Å². The van der Waals surface area contributed by atoms with Crippen molar-refractivity contribution in [2.75, 3.05) is 11.9 Å². The zero-order valence-corrected chi connectivity index (χ0v) is 12.6. The molecule has 1 aromatic carbocycles. The van der Waals surface area contributed by atoms with Crippen molar-refractivity contribution in [3.8, 4) is 0 Å². The third-order valence-corrected chi connectivity index (χ3v) is 3.83. The van der Waals surface area contributed by atoms with Crippen molar-refractivity contribution in [2.45, 2.75) is 26.5 Å². The fourth-order valence-corrected chi connectivity index (χ4v) is 2.29. The minimum atomic E-state index is -0.0457. The maximum atomic E-state index is 9.16. The number of aliphatic hydroxyl groups excluding tert-OH is 1. The van der Waals surface area contributed by atoms with Gasteiger partial charge in [-0.25, -0.2) is 9.97 Å². The van der Waals surface area contributed by atoms with Gasteiger partial charge in [0, 0.05) is 29.5 Å². The average molecular weight is 292 g/mol. The van der Waals surface area contributed by atoms with Crippen LogP contribution in [0, 0.1) is 6.92 Å². The molecule has 5 heteroatoms. The molecule has 20 heavy (non-hydrogen) atoms. The highest BCUT2D eigenvalue weighted by Crippen LogP contribution is 2.28. The number of anilines is 1. The first-order valence-electron chi connectivity index (χ1n) is 6.45. The van der Waals surface area contributed by atoms with E-state index in [0.717, 1.165) is 21.8 Å². The van der Waals surface area contributed by atoms with Gasteiger partial charge in [0.2, 0.25) is 5.95 Å². The third-order valence-electron chi connectivity index (χ3n) is 3.49. The van der Waals surface area contributed by atoms with Crippen molar-refractivity contribution >= 4 is 17.5 Å². The van der Waals surface area contributed by atoms with Crippen molar-refractivity contribution < 1.29 is 5.11 Å². The van der Waals surface area contributed by atoms with Gasteiger partial charge in [-0.1, -0.05) is 29.8 Å². The standard InChI is InChI=1S/C15H18ClN3O/c1-10-12(9-20)8-17-15(18-10)19(3)11(2)13-6-4-5-7-14(13)16/h4-8,11,20H,9H2,1-3H3. The first-order chi connectivity index (χ1) is 9.54. The highest BCUT2D eigenvalue weighted by Gasteiger charge is 2.17. The normalized spacial score (nSPS) is 12.2. The smallest absolute Gasteiger partial charge is 0.225 e. The molecule has 4 nitrogen and oxygen atoms in total. The van der Waals surface area contributed by atoms with Crippen LogP contribution in [0.4, 0.5) is 5.95 Å². The number of aliphatic hydroxyl groups is 1. The van der Waals surface area contributed by atoms with Gasteiger partial charge in [0.15, 0.2) is 0 Å². The van der Waals surface area contributed by atoms with Gasteiger partial charge >= 0.3 is 0 Å². The Labute approximate surface area is 124 Å². The number of benzene rings is 1. The summed E-state index contributed by atoms with van der Waals surface area (Å²) < 4.78 is 0. The molecule has 1 aromatic heterocycles. The molecule has 1 unspecified atom stereocenters. The molecule has 0 radical (unpaired) electrons. The lowest BCUT2D eigenvalue weighted by Gasteiger charge is -2.26. The molecule has 0 saturated heterocycles. The SMILES string of the molecule is Cc1nc(N(C)C(C)c2ccccc2Cl)ncc1CO. The number of hydrogen-bond acceptors (Lipinski definition) is 4. The second-order valence-corrected chi connectivity index (χ2v) is 5.15. The van der Waals surface area contributed by atoms with E-state index in [4.69, 9.17) is 16.7 Å². The van der Waals surface area contributed by atoms with Crippen LogP contribution in [-0.4, -0.2) is 22.1 Å². The van der Waals surface area contributed by atoms with Gasteiger partial charge in [0.05, 0.1) is 12.6 Å². The second-order valence-electron chi connectivity index (χ2n) is 4.75. The Morgan fingerprint density at radius 3 is 2.65 bits per heavy atom. The molecule has 2 aromatic rings. The van der Waals surface area contributed by atoms with E-state index in [1.165, 1.54) is 0 Å². The predicted molar refractivity (Wildman–Crippen MR) is 81.0 cm³/mol. The number of rotatable bonds is 4. The predicted octanol–water partition coefficient (Wildman–Crippen LogP) is 3.13. The molecule has 0 amide bonds. The molecule has 0 spiro atoms. The van der Waals surface area contributed by atoms with E-state index in [-0.39, 0.29) is 12.6 Å². The van der Waals surface area contributed by atoms with Crippen LogP contribution in [0.15, 0.2) is 30.5 Å². The first kappa shape index (κ1) is 14.8. The number of halogens is 1. The summed E-state index contributed by atoms with van der Waals surface area (Å²) in [7, 11) is 1.93. The molecule has 0 aliphatic rings. The summed E-state index contributed by atoms with van der Waals surface area (Å²) in [6.07, 6.45) is 1.66. The van der Waals surface area contributed by atoms with E-state index in [1.807, 2.05) is 43.1 Å². The first-order valence-corrected chi connectivity index (χ1v) is 6.83. The van der Waals surface area contributed by atoms with E-state index in [9.17, 15) is 0 Å². The number of aryl methyl sites for hydroxylation is 1. The van der Waals surface area contributed by atoms with Gasteiger partial charge in [0.1, 0.15) is 0 Å². The summed E-state index contributed by atoms with van der Waals surface area (Å²) in [5.74, 6) is 0.618. The van der Waals surface area contributed by atoms with Crippen molar-refractivity contribution in [1.29, 1.82) is 0 Å². The summed E-state index contributed by atoms with van der Waals surface area (Å²) in [6, 6.07) is 7.81. The van der Waals surface area contributed by atoms with E-state index >= 15 is 0 Å². The minimum Gasteiger partial charge on any atom is -0.392 e. The zero-order chi connectivity index (χ0) is 14.7. The van der Waals surface area contributed by atoms with Gasteiger partial charge in [-0.05, 0) is 25.5 Å². The molecule has 0 fully saturated rings. The van der Waals surface area contributed by atoms with Crippen LogP contribution in [0.3, 0.4) is 0 Å². The summed E-state index contributed by atoms with van der Waals surface area (Å²) in [4.78, 5) is 10.7. The Morgan fingerprint density at radius 1 is 1.35 bits per heavy atom. The zero-order valence-electron chi connectivity index (χ0n) is 11.8.